The summed E-state index contributed by atoms with van der Waals surface area (Å²) in [7, 11) is 0. The number of hydrogen-bond donors (Lipinski definition) is 0. The molecule has 2 aliphatic rings. The highest BCUT2D eigenvalue weighted by atomic mass is 16.3. The van der Waals surface area contributed by atoms with E-state index in [-0.39, 0.29) is 10.8 Å². The van der Waals surface area contributed by atoms with Crippen LogP contribution in [0.1, 0.15) is 52.7 Å². The fourth-order valence-electron chi connectivity index (χ4n) is 14.6. The molecular formula is C86H66BN3O2. The van der Waals surface area contributed by atoms with Gasteiger partial charge >= 0.3 is 0 Å². The minimum Gasteiger partial charge on any atom is -0.456 e. The third kappa shape index (κ3) is 8.99. The van der Waals surface area contributed by atoms with Crippen molar-refractivity contribution in [3.8, 4) is 44.5 Å². The summed E-state index contributed by atoms with van der Waals surface area (Å²) in [5, 5.41) is 4.30. The van der Waals surface area contributed by atoms with Gasteiger partial charge in [0.2, 0.25) is 0 Å². The smallest absolute Gasteiger partial charge is 0.261 e. The van der Waals surface area contributed by atoms with Crippen molar-refractivity contribution in [1.82, 2.24) is 0 Å². The molecule has 0 unspecified atom stereocenters. The molecule has 0 N–H and O–H groups in total. The van der Waals surface area contributed by atoms with Gasteiger partial charge in [0.25, 0.3) is 6.71 Å². The maximum absolute atomic E-state index is 7.60. The van der Waals surface area contributed by atoms with Gasteiger partial charge in [0.1, 0.15) is 22.3 Å². The number of anilines is 9. The Balaban J connectivity index is 1.06. The third-order valence-electron chi connectivity index (χ3n) is 19.2. The Bertz CT molecular complexity index is 4990. The molecule has 0 radical (unpaired) electrons. The Kier molecular flexibility index (Phi) is 12.7. The molecule has 2 aliphatic heterocycles. The molecule has 0 aliphatic carbocycles. The first kappa shape index (κ1) is 55.0. The molecule has 0 bridgehead atoms. The second kappa shape index (κ2) is 21.3. The van der Waals surface area contributed by atoms with Crippen LogP contribution >= 0.6 is 0 Å². The summed E-state index contributed by atoms with van der Waals surface area (Å²) in [4.78, 5) is 7.56. The first-order valence-electron chi connectivity index (χ1n) is 32.1. The Morgan fingerprint density at radius 2 is 0.630 bits per heavy atom. The van der Waals surface area contributed by atoms with E-state index in [4.69, 9.17) is 8.83 Å². The number of rotatable bonds is 9. The SMILES string of the molecule is CC(C)(C)c1ccc(N(c2ccc(C(C)(C)C)cc2)c2cc3c4c(c2)N(c2ccc(-c5ccccc5)cc2)c2cc(-c5ccccc5)c5c(oc6ccccc65)c2B4c2c(cc(-c4ccccc4)c4c2oc2ccccc24)N3c2ccc(-c3ccccc3)cc2)cc1. The van der Waals surface area contributed by atoms with E-state index in [0.29, 0.717) is 0 Å². The molecule has 0 amide bonds. The monoisotopic (exact) mass is 1180 g/mol. The van der Waals surface area contributed by atoms with Crippen molar-refractivity contribution in [2.24, 2.45) is 0 Å². The highest BCUT2D eigenvalue weighted by Gasteiger charge is 2.48. The number of hydrogen-bond acceptors (Lipinski definition) is 5. The van der Waals surface area contributed by atoms with Crippen LogP contribution in [0.3, 0.4) is 0 Å². The molecule has 0 spiro atoms. The van der Waals surface area contributed by atoms with Crippen molar-refractivity contribution in [3.05, 3.63) is 302 Å². The van der Waals surface area contributed by atoms with Crippen LogP contribution in [0.4, 0.5) is 51.2 Å². The topological polar surface area (TPSA) is 36.0 Å². The van der Waals surface area contributed by atoms with Gasteiger partial charge in [-0.15, -0.1) is 0 Å². The molecule has 92 heavy (non-hydrogen) atoms. The van der Waals surface area contributed by atoms with Gasteiger partial charge in [0, 0.05) is 67.0 Å². The number of nitrogens with zero attached hydrogens (tertiary/aromatic N) is 3. The zero-order valence-corrected chi connectivity index (χ0v) is 52.4. The van der Waals surface area contributed by atoms with Crippen molar-refractivity contribution in [1.29, 1.82) is 0 Å². The molecule has 17 rings (SSSR count). The van der Waals surface area contributed by atoms with E-state index in [0.717, 1.165) is 156 Å². The van der Waals surface area contributed by atoms with Crippen molar-refractivity contribution < 1.29 is 8.83 Å². The molecule has 6 heteroatoms. The van der Waals surface area contributed by atoms with Gasteiger partial charge in [0.05, 0.1) is 5.69 Å². The number of para-hydroxylation sites is 2. The fourth-order valence-corrected chi connectivity index (χ4v) is 14.6. The summed E-state index contributed by atoms with van der Waals surface area (Å²) >= 11 is 0. The van der Waals surface area contributed by atoms with Gasteiger partial charge in [-0.3, -0.25) is 0 Å². The number of benzene rings is 13. The van der Waals surface area contributed by atoms with Crippen molar-refractivity contribution in [3.63, 3.8) is 0 Å². The van der Waals surface area contributed by atoms with Crippen molar-refractivity contribution >= 4 is 118 Å². The quantitative estimate of drug-likeness (QED) is 0.135. The van der Waals surface area contributed by atoms with Gasteiger partial charge in [-0.2, -0.15) is 0 Å². The first-order valence-corrected chi connectivity index (χ1v) is 32.1. The maximum atomic E-state index is 7.60. The Morgan fingerprint density at radius 1 is 0.304 bits per heavy atom. The second-order valence-electron chi connectivity index (χ2n) is 26.8. The van der Waals surface area contributed by atoms with Crippen molar-refractivity contribution in [2.45, 2.75) is 52.4 Å². The summed E-state index contributed by atoms with van der Waals surface area (Å²) in [6, 6.07) is 107. The van der Waals surface area contributed by atoms with E-state index >= 15 is 0 Å². The molecule has 13 aromatic carbocycles. The molecule has 0 saturated carbocycles. The molecule has 5 nitrogen and oxygen atoms in total. The summed E-state index contributed by atoms with van der Waals surface area (Å²) < 4.78 is 15.2. The molecule has 15 aromatic rings. The summed E-state index contributed by atoms with van der Waals surface area (Å²) in [5.74, 6) is 0. The van der Waals surface area contributed by atoms with Gasteiger partial charge in [-0.05, 0) is 168 Å². The van der Waals surface area contributed by atoms with E-state index < -0.39 is 6.71 Å². The van der Waals surface area contributed by atoms with E-state index in [9.17, 15) is 0 Å². The Morgan fingerprint density at radius 3 is 1.00 bits per heavy atom. The third-order valence-corrected chi connectivity index (χ3v) is 19.2. The van der Waals surface area contributed by atoms with Gasteiger partial charge in [-0.1, -0.05) is 248 Å². The van der Waals surface area contributed by atoms with E-state index in [1.807, 2.05) is 0 Å². The van der Waals surface area contributed by atoms with Gasteiger partial charge in [-0.25, -0.2) is 0 Å². The van der Waals surface area contributed by atoms with Crippen LogP contribution in [0, 0.1) is 0 Å². The molecule has 0 fully saturated rings. The van der Waals surface area contributed by atoms with Crippen LogP contribution in [0.5, 0.6) is 0 Å². The van der Waals surface area contributed by atoms with Gasteiger partial charge < -0.3 is 23.5 Å². The molecular weight excluding hydrogens is 1120 g/mol. The van der Waals surface area contributed by atoms with Crippen LogP contribution < -0.4 is 31.1 Å². The minimum absolute atomic E-state index is 0.0512. The highest BCUT2D eigenvalue weighted by Crippen LogP contribution is 2.53. The maximum Gasteiger partial charge on any atom is 0.261 e. The second-order valence-corrected chi connectivity index (χ2v) is 26.8. The Labute approximate surface area is 537 Å². The van der Waals surface area contributed by atoms with Crippen LogP contribution in [-0.2, 0) is 10.8 Å². The predicted molar refractivity (Wildman–Crippen MR) is 389 cm³/mol. The van der Waals surface area contributed by atoms with Crippen LogP contribution in [-0.4, -0.2) is 6.71 Å². The van der Waals surface area contributed by atoms with E-state index in [1.165, 1.54) is 11.1 Å². The largest absolute Gasteiger partial charge is 0.456 e. The highest BCUT2D eigenvalue weighted by molar-refractivity contribution is 7.03. The lowest BCUT2D eigenvalue weighted by atomic mass is 9.33. The normalized spacial score (nSPS) is 12.8. The van der Waals surface area contributed by atoms with Crippen LogP contribution in [0.2, 0.25) is 0 Å². The molecule has 0 saturated heterocycles. The standard InChI is InChI=1S/C86H66BN3O2/c1-85(2,3)61-39-47-63(48-40-61)88(64-49-41-62(42-50-64)86(4,5)6)67-51-72-80-73(52-67)90(66-45-37-58(38-46-66)56-25-13-8-14-26-56)75-54-71(60-29-17-10-18-30-60)79-69-32-20-22-34-77(69)92-84(79)82(75)87(80)81-74(89(72)65-43-35-57(36-44-65)55-23-11-7-12-24-55)53-70(59-27-15-9-16-28-59)78-68-31-19-21-33-76(68)91-83(78)81/h7-54H,1-6H3. The molecule has 0 atom stereocenters. The average Bonchev–Trinajstić information content (AvgIpc) is 1.13. The molecule has 2 aromatic heterocycles. The van der Waals surface area contributed by atoms with Crippen LogP contribution in [0.15, 0.2) is 300 Å². The number of furan rings is 2. The lowest BCUT2D eigenvalue weighted by Crippen LogP contribution is -2.61. The summed E-state index contributed by atoms with van der Waals surface area (Å²) in [6.07, 6.45) is 0. The predicted octanol–water partition coefficient (Wildman–Crippen LogP) is 22.3. The summed E-state index contributed by atoms with van der Waals surface area (Å²) in [5.41, 5.74) is 27.4. The van der Waals surface area contributed by atoms with Crippen molar-refractivity contribution in [2.75, 3.05) is 14.7 Å². The molecule has 4 heterocycles. The first-order chi connectivity index (χ1) is 44.9. The Hall–Kier alpha value is -11.1. The lowest BCUT2D eigenvalue weighted by Gasteiger charge is -2.45. The average molecular weight is 1180 g/mol. The van der Waals surface area contributed by atoms with Gasteiger partial charge in [0.15, 0.2) is 0 Å². The minimum atomic E-state index is -0.426. The lowest BCUT2D eigenvalue weighted by molar-refractivity contribution is 0.590. The van der Waals surface area contributed by atoms with Crippen LogP contribution in [0.25, 0.3) is 88.4 Å². The zero-order valence-electron chi connectivity index (χ0n) is 52.4. The van der Waals surface area contributed by atoms with E-state index in [1.54, 1.807) is 0 Å². The number of fused-ring (bicyclic) bond motifs is 12. The fraction of sp³-hybridized carbons (Fsp3) is 0.0930. The van der Waals surface area contributed by atoms with E-state index in [2.05, 4.69) is 347 Å². The molecule has 440 valence electrons. The summed E-state index contributed by atoms with van der Waals surface area (Å²) in [6.45, 7) is 13.3. The zero-order chi connectivity index (χ0) is 62.0.